The van der Waals surface area contributed by atoms with Crippen LogP contribution in [0.5, 0.6) is 0 Å². The molecule has 122 valence electrons. The van der Waals surface area contributed by atoms with Gasteiger partial charge in [0.15, 0.2) is 15.7 Å². The highest BCUT2D eigenvalue weighted by molar-refractivity contribution is 7.91. The fraction of sp³-hybridized carbons (Fsp3) is 0.308. The third-order valence-electron chi connectivity index (χ3n) is 3.44. The van der Waals surface area contributed by atoms with Gasteiger partial charge < -0.3 is 10.6 Å². The summed E-state index contributed by atoms with van der Waals surface area (Å²) >= 11 is 12.2. The van der Waals surface area contributed by atoms with Crippen molar-refractivity contribution >= 4 is 44.9 Å². The first-order valence-electron chi connectivity index (χ1n) is 6.76. The fourth-order valence-electron chi connectivity index (χ4n) is 2.22. The number of benzene rings is 1. The van der Waals surface area contributed by atoms with Gasteiger partial charge in [0, 0.05) is 23.7 Å². The van der Waals surface area contributed by atoms with Crippen LogP contribution in [-0.2, 0) is 9.84 Å². The summed E-state index contributed by atoms with van der Waals surface area (Å²) in [5.74, 6) is 0.791. The number of nitrogen functional groups attached to an aromatic ring is 1. The predicted octanol–water partition coefficient (Wildman–Crippen LogP) is 1.66. The molecule has 3 rings (SSSR count). The molecule has 0 amide bonds. The van der Waals surface area contributed by atoms with Crippen LogP contribution in [0.25, 0.3) is 11.4 Å². The van der Waals surface area contributed by atoms with E-state index < -0.39 is 9.84 Å². The predicted molar refractivity (Wildman–Crippen MR) is 90.6 cm³/mol. The molecule has 0 saturated carbocycles. The van der Waals surface area contributed by atoms with Gasteiger partial charge in [0.05, 0.1) is 16.5 Å². The van der Waals surface area contributed by atoms with Gasteiger partial charge in [-0.25, -0.2) is 8.42 Å². The van der Waals surface area contributed by atoms with Crippen LogP contribution in [0.3, 0.4) is 0 Å². The lowest BCUT2D eigenvalue weighted by Gasteiger charge is -2.26. The molecule has 0 unspecified atom stereocenters. The van der Waals surface area contributed by atoms with Crippen LogP contribution in [0.4, 0.5) is 11.9 Å². The first kappa shape index (κ1) is 16.2. The Balaban J connectivity index is 1.98. The molecule has 1 fully saturated rings. The van der Waals surface area contributed by atoms with E-state index in [-0.39, 0.29) is 17.5 Å². The molecule has 10 heteroatoms. The standard InChI is InChI=1S/C13H13Cl2N5O2S/c14-8-1-2-10(15)9(7-8)11-17-12(16)19-13(18-11)20-3-5-23(21,22)6-4-20/h1-2,7H,3-6H2,(H2,16,17,18,19). The Morgan fingerprint density at radius 1 is 1.09 bits per heavy atom. The first-order valence-corrected chi connectivity index (χ1v) is 9.34. The van der Waals surface area contributed by atoms with Crippen molar-refractivity contribution in [2.24, 2.45) is 0 Å². The van der Waals surface area contributed by atoms with Crippen molar-refractivity contribution in [3.63, 3.8) is 0 Å². The Labute approximate surface area is 143 Å². The van der Waals surface area contributed by atoms with Gasteiger partial charge in [-0.1, -0.05) is 23.2 Å². The van der Waals surface area contributed by atoms with E-state index in [1.807, 2.05) is 0 Å². The highest BCUT2D eigenvalue weighted by atomic mass is 35.5. The average Bonchev–Trinajstić information content (AvgIpc) is 2.49. The summed E-state index contributed by atoms with van der Waals surface area (Å²) in [5.41, 5.74) is 6.30. The lowest BCUT2D eigenvalue weighted by atomic mass is 10.2. The normalized spacial score (nSPS) is 17.2. The van der Waals surface area contributed by atoms with Crippen LogP contribution >= 0.6 is 23.2 Å². The van der Waals surface area contributed by atoms with Crippen LogP contribution in [-0.4, -0.2) is 48.0 Å². The van der Waals surface area contributed by atoms with E-state index in [1.54, 1.807) is 23.1 Å². The van der Waals surface area contributed by atoms with Crippen molar-refractivity contribution in [3.05, 3.63) is 28.2 Å². The smallest absolute Gasteiger partial charge is 0.230 e. The van der Waals surface area contributed by atoms with Crippen LogP contribution in [0, 0.1) is 0 Å². The molecule has 0 radical (unpaired) electrons. The molecule has 0 spiro atoms. The molecule has 7 nitrogen and oxygen atoms in total. The summed E-state index contributed by atoms with van der Waals surface area (Å²) < 4.78 is 23.1. The third kappa shape index (κ3) is 3.65. The quantitative estimate of drug-likeness (QED) is 0.853. The fourth-order valence-corrected chi connectivity index (χ4v) is 3.80. The number of nitrogens with two attached hydrogens (primary N) is 1. The summed E-state index contributed by atoms with van der Waals surface area (Å²) in [4.78, 5) is 14.3. The maximum atomic E-state index is 11.5. The minimum absolute atomic E-state index is 0.0365. The highest BCUT2D eigenvalue weighted by Crippen LogP contribution is 2.29. The maximum Gasteiger partial charge on any atom is 0.230 e. The van der Waals surface area contributed by atoms with Gasteiger partial charge in [-0.2, -0.15) is 15.0 Å². The molecule has 1 aromatic carbocycles. The monoisotopic (exact) mass is 373 g/mol. The van der Waals surface area contributed by atoms with Crippen LogP contribution < -0.4 is 10.6 Å². The van der Waals surface area contributed by atoms with Gasteiger partial charge in [-0.3, -0.25) is 0 Å². The van der Waals surface area contributed by atoms with Crippen LogP contribution in [0.2, 0.25) is 10.0 Å². The van der Waals surface area contributed by atoms with E-state index in [0.717, 1.165) is 0 Å². The van der Waals surface area contributed by atoms with E-state index in [4.69, 9.17) is 28.9 Å². The second-order valence-electron chi connectivity index (χ2n) is 5.08. The second-order valence-corrected chi connectivity index (χ2v) is 8.23. The molecule has 0 atom stereocenters. The van der Waals surface area contributed by atoms with E-state index in [1.165, 1.54) is 0 Å². The number of nitrogens with zero attached hydrogens (tertiary/aromatic N) is 4. The Hall–Kier alpha value is -1.64. The molecule has 2 aromatic rings. The summed E-state index contributed by atoms with van der Waals surface area (Å²) in [7, 11) is -2.99. The maximum absolute atomic E-state index is 11.5. The third-order valence-corrected chi connectivity index (χ3v) is 5.61. The summed E-state index contributed by atoms with van der Waals surface area (Å²) in [6.07, 6.45) is 0. The number of aromatic nitrogens is 3. The van der Waals surface area contributed by atoms with E-state index in [2.05, 4.69) is 15.0 Å². The lowest BCUT2D eigenvalue weighted by Crippen LogP contribution is -2.41. The van der Waals surface area contributed by atoms with Gasteiger partial charge in [-0.05, 0) is 18.2 Å². The van der Waals surface area contributed by atoms with Crippen molar-refractivity contribution in [3.8, 4) is 11.4 Å². The minimum Gasteiger partial charge on any atom is -0.368 e. The molecule has 1 saturated heterocycles. The van der Waals surface area contributed by atoms with Gasteiger partial charge in [0.1, 0.15) is 0 Å². The van der Waals surface area contributed by atoms with Gasteiger partial charge in [-0.15, -0.1) is 0 Å². The zero-order chi connectivity index (χ0) is 16.6. The summed E-state index contributed by atoms with van der Waals surface area (Å²) in [6.45, 7) is 0.628. The second kappa shape index (κ2) is 6.10. The van der Waals surface area contributed by atoms with Gasteiger partial charge >= 0.3 is 0 Å². The molecule has 0 bridgehead atoms. The van der Waals surface area contributed by atoms with Crippen molar-refractivity contribution in [1.29, 1.82) is 0 Å². The van der Waals surface area contributed by atoms with Crippen molar-refractivity contribution in [2.75, 3.05) is 35.2 Å². The number of hydrogen-bond donors (Lipinski definition) is 1. The summed E-state index contributed by atoms with van der Waals surface area (Å²) in [6, 6.07) is 4.95. The van der Waals surface area contributed by atoms with Crippen molar-refractivity contribution in [1.82, 2.24) is 15.0 Å². The Morgan fingerprint density at radius 2 is 1.78 bits per heavy atom. The number of halogens is 2. The lowest BCUT2D eigenvalue weighted by molar-refractivity contribution is 0.585. The molecule has 2 heterocycles. The minimum atomic E-state index is -2.99. The van der Waals surface area contributed by atoms with Gasteiger partial charge in [0.2, 0.25) is 11.9 Å². The number of anilines is 2. The molecule has 2 N–H and O–H groups in total. The SMILES string of the molecule is Nc1nc(-c2cc(Cl)ccc2Cl)nc(N2CCS(=O)(=O)CC2)n1. The topological polar surface area (TPSA) is 102 Å². The van der Waals surface area contributed by atoms with Crippen molar-refractivity contribution < 1.29 is 8.42 Å². The zero-order valence-electron chi connectivity index (χ0n) is 11.9. The molecule has 23 heavy (non-hydrogen) atoms. The van der Waals surface area contributed by atoms with Crippen LogP contribution in [0.1, 0.15) is 0 Å². The first-order chi connectivity index (χ1) is 10.8. The van der Waals surface area contributed by atoms with Crippen LogP contribution in [0.15, 0.2) is 18.2 Å². The molecule has 1 aliphatic rings. The average molecular weight is 374 g/mol. The number of sulfone groups is 1. The molecular formula is C13H13Cl2N5O2S. The largest absolute Gasteiger partial charge is 0.368 e. The molecule has 0 aliphatic carbocycles. The zero-order valence-corrected chi connectivity index (χ0v) is 14.2. The Kier molecular flexibility index (Phi) is 4.31. The Morgan fingerprint density at radius 3 is 2.48 bits per heavy atom. The van der Waals surface area contributed by atoms with Gasteiger partial charge in [0.25, 0.3) is 0 Å². The van der Waals surface area contributed by atoms with E-state index in [9.17, 15) is 8.42 Å². The molecular weight excluding hydrogens is 361 g/mol. The Bertz CT molecular complexity index is 845. The molecule has 1 aliphatic heterocycles. The summed E-state index contributed by atoms with van der Waals surface area (Å²) in [5, 5.41) is 0.932. The molecule has 1 aromatic heterocycles. The van der Waals surface area contributed by atoms with E-state index in [0.29, 0.717) is 40.5 Å². The number of rotatable bonds is 2. The highest BCUT2D eigenvalue weighted by Gasteiger charge is 2.24. The van der Waals surface area contributed by atoms with E-state index >= 15 is 0 Å². The van der Waals surface area contributed by atoms with Crippen molar-refractivity contribution in [2.45, 2.75) is 0 Å². The number of hydrogen-bond acceptors (Lipinski definition) is 7.